The number of rotatable bonds is 6. The van der Waals surface area contributed by atoms with Crippen LogP contribution in [0.15, 0.2) is 34.3 Å². The Hall–Kier alpha value is -1.000. The molecule has 3 heterocycles. The van der Waals surface area contributed by atoms with Crippen LogP contribution in [0.4, 0.5) is 11.6 Å². The van der Waals surface area contributed by atoms with E-state index in [9.17, 15) is 9.12 Å². The van der Waals surface area contributed by atoms with Crippen molar-refractivity contribution < 1.29 is 13.9 Å². The molecule has 0 aliphatic carbocycles. The van der Waals surface area contributed by atoms with Crippen LogP contribution in [0.3, 0.4) is 0 Å². The van der Waals surface area contributed by atoms with Crippen molar-refractivity contribution in [3.63, 3.8) is 0 Å². The Morgan fingerprint density at radius 1 is 1.32 bits per heavy atom. The van der Waals surface area contributed by atoms with Gasteiger partial charge in [0.25, 0.3) is 0 Å². The second-order valence-electron chi connectivity index (χ2n) is 11.3. The van der Waals surface area contributed by atoms with Gasteiger partial charge in [-0.05, 0) is 66.0 Å². The fourth-order valence-corrected chi connectivity index (χ4v) is 8.64. The second kappa shape index (κ2) is 10.9. The van der Waals surface area contributed by atoms with Gasteiger partial charge in [-0.3, -0.25) is 0 Å². The quantitative estimate of drug-likeness (QED) is 0.372. The van der Waals surface area contributed by atoms with Crippen LogP contribution in [0.2, 0.25) is 5.02 Å². The van der Waals surface area contributed by atoms with Crippen molar-refractivity contribution in [2.45, 2.75) is 67.4 Å². The first-order chi connectivity index (χ1) is 17.2. The standard InChI is InChI=1S/C25H37ClN5O3PS2/c1-16-21(30-37(33)24(2,3)4)25(15-34-16)10-12-31(13-11-25)19-14-28-23(22(27)29-19)36-18-9-7-8-17(20(18)26)35(5,6)32/h7-9,14,16,21,30H,10-13,15H2,1-6H3,(H2,27,29)/t16-,21+,37?/m0/s1. The first-order valence-electron chi connectivity index (χ1n) is 12.4. The molecular formula is C25H37ClN5O3PS2. The van der Waals surface area contributed by atoms with Gasteiger partial charge in [0.15, 0.2) is 5.82 Å². The Morgan fingerprint density at radius 2 is 2.00 bits per heavy atom. The molecule has 0 amide bonds. The van der Waals surface area contributed by atoms with Gasteiger partial charge in [0, 0.05) is 40.1 Å². The molecule has 12 heteroatoms. The van der Waals surface area contributed by atoms with E-state index in [-0.39, 0.29) is 22.3 Å². The number of nitrogen functional groups attached to an aromatic ring is 1. The largest absolute Gasteiger partial charge is 0.598 e. The van der Waals surface area contributed by atoms with Gasteiger partial charge in [-0.2, -0.15) is 0 Å². The van der Waals surface area contributed by atoms with Crippen molar-refractivity contribution in [1.82, 2.24) is 14.7 Å². The van der Waals surface area contributed by atoms with Crippen LogP contribution in [-0.2, 0) is 20.7 Å². The van der Waals surface area contributed by atoms with Crippen molar-refractivity contribution in [3.8, 4) is 0 Å². The topological polar surface area (TPSA) is 116 Å². The van der Waals surface area contributed by atoms with E-state index in [0.29, 0.717) is 27.8 Å². The van der Waals surface area contributed by atoms with E-state index in [1.165, 1.54) is 11.8 Å². The maximum absolute atomic E-state index is 12.8. The van der Waals surface area contributed by atoms with E-state index in [1.807, 2.05) is 32.9 Å². The smallest absolute Gasteiger partial charge is 0.158 e. The molecule has 3 N–H and O–H groups in total. The van der Waals surface area contributed by atoms with Crippen LogP contribution in [-0.4, -0.2) is 64.4 Å². The molecule has 0 bridgehead atoms. The van der Waals surface area contributed by atoms with Crippen LogP contribution < -0.4 is 20.7 Å². The maximum Gasteiger partial charge on any atom is 0.158 e. The molecule has 1 unspecified atom stereocenters. The number of benzene rings is 1. The average molecular weight is 586 g/mol. The van der Waals surface area contributed by atoms with Crippen LogP contribution in [0.1, 0.15) is 40.5 Å². The number of hydrogen-bond acceptors (Lipinski definition) is 9. The summed E-state index contributed by atoms with van der Waals surface area (Å²) in [4.78, 5) is 12.2. The van der Waals surface area contributed by atoms with E-state index in [4.69, 9.17) is 22.1 Å². The molecule has 2 aliphatic heterocycles. The lowest BCUT2D eigenvalue weighted by Gasteiger charge is -2.43. The number of nitrogens with zero attached hydrogens (tertiary/aromatic N) is 3. The highest BCUT2D eigenvalue weighted by atomic mass is 35.5. The molecule has 1 spiro atoms. The number of piperidine rings is 1. The van der Waals surface area contributed by atoms with Crippen molar-refractivity contribution in [2.24, 2.45) is 5.41 Å². The third kappa shape index (κ3) is 6.26. The molecule has 0 saturated carbocycles. The Bertz CT molecular complexity index is 1180. The Labute approximate surface area is 232 Å². The number of aromatic nitrogens is 2. The molecule has 204 valence electrons. The van der Waals surface area contributed by atoms with Gasteiger partial charge >= 0.3 is 0 Å². The van der Waals surface area contributed by atoms with Gasteiger partial charge < -0.3 is 24.5 Å². The van der Waals surface area contributed by atoms with E-state index in [0.717, 1.165) is 36.6 Å². The third-order valence-electron chi connectivity index (χ3n) is 7.12. The summed E-state index contributed by atoms with van der Waals surface area (Å²) < 4.78 is 34.5. The Morgan fingerprint density at radius 3 is 2.59 bits per heavy atom. The van der Waals surface area contributed by atoms with Crippen molar-refractivity contribution in [1.29, 1.82) is 0 Å². The second-order valence-corrected chi connectivity index (χ2v) is 17.9. The number of hydrogen-bond donors (Lipinski definition) is 2. The number of ether oxygens (including phenoxy) is 1. The highest BCUT2D eigenvalue weighted by Crippen LogP contribution is 2.45. The van der Waals surface area contributed by atoms with Crippen LogP contribution in [0, 0.1) is 5.41 Å². The number of anilines is 2. The molecule has 0 radical (unpaired) electrons. The summed E-state index contributed by atoms with van der Waals surface area (Å²) in [6.45, 7) is 13.6. The summed E-state index contributed by atoms with van der Waals surface area (Å²) in [7, 11) is -2.51. The van der Waals surface area contributed by atoms with Gasteiger partial charge in [0.2, 0.25) is 0 Å². The SMILES string of the molecule is C[C@@H]1OCC2(CCN(c3cnc(Sc4cccc(P(C)(C)=O)c4Cl)c(N)n3)CC2)[C@@H]1N[S+]([O-])C(C)(C)C. The van der Waals surface area contributed by atoms with Crippen molar-refractivity contribution in [3.05, 3.63) is 29.4 Å². The van der Waals surface area contributed by atoms with Gasteiger partial charge in [-0.1, -0.05) is 29.4 Å². The summed E-state index contributed by atoms with van der Waals surface area (Å²) in [6, 6.07) is 5.54. The summed E-state index contributed by atoms with van der Waals surface area (Å²) in [5.74, 6) is 1.07. The molecule has 1 aromatic heterocycles. The monoisotopic (exact) mass is 585 g/mol. The fourth-order valence-electron chi connectivity index (χ4n) is 4.84. The molecule has 2 aromatic rings. The Kier molecular flexibility index (Phi) is 8.52. The molecule has 3 atom stereocenters. The molecule has 8 nitrogen and oxygen atoms in total. The number of halogens is 1. The van der Waals surface area contributed by atoms with Crippen LogP contribution in [0.5, 0.6) is 0 Å². The molecule has 37 heavy (non-hydrogen) atoms. The lowest BCUT2D eigenvalue weighted by atomic mass is 9.73. The molecule has 2 saturated heterocycles. The molecular weight excluding hydrogens is 549 g/mol. The number of nitrogens with one attached hydrogen (secondary N) is 1. The van der Waals surface area contributed by atoms with E-state index < -0.39 is 18.5 Å². The zero-order valence-corrected chi connectivity index (χ0v) is 25.6. The lowest BCUT2D eigenvalue weighted by Crippen LogP contribution is -2.56. The summed E-state index contributed by atoms with van der Waals surface area (Å²) in [5, 5.41) is 1.68. The van der Waals surface area contributed by atoms with Crippen molar-refractivity contribution in [2.75, 3.05) is 43.7 Å². The molecule has 2 aliphatic rings. The zero-order chi connectivity index (χ0) is 27.2. The molecule has 1 aromatic carbocycles. The number of nitrogens with two attached hydrogens (primary N) is 1. The average Bonchev–Trinajstić information content (AvgIpc) is 3.10. The summed E-state index contributed by atoms with van der Waals surface area (Å²) in [6.07, 6.45) is 3.54. The highest BCUT2D eigenvalue weighted by molar-refractivity contribution is 7.99. The third-order valence-corrected chi connectivity index (χ3v) is 11.9. The Balaban J connectivity index is 1.45. The van der Waals surface area contributed by atoms with E-state index >= 15 is 0 Å². The van der Waals surface area contributed by atoms with Crippen LogP contribution in [0.25, 0.3) is 0 Å². The molecule has 4 rings (SSSR count). The van der Waals surface area contributed by atoms with E-state index in [1.54, 1.807) is 25.6 Å². The summed E-state index contributed by atoms with van der Waals surface area (Å²) >= 11 is 6.73. The van der Waals surface area contributed by atoms with Crippen LogP contribution >= 0.6 is 30.5 Å². The lowest BCUT2D eigenvalue weighted by molar-refractivity contribution is 0.0973. The van der Waals surface area contributed by atoms with E-state index in [2.05, 4.69) is 26.5 Å². The predicted octanol–water partition coefficient (Wildman–Crippen LogP) is 4.54. The fraction of sp³-hybridized carbons (Fsp3) is 0.600. The normalized spacial score (nSPS) is 23.0. The predicted molar refractivity (Wildman–Crippen MR) is 155 cm³/mol. The van der Waals surface area contributed by atoms with Gasteiger partial charge in [-0.15, -0.1) is 4.72 Å². The minimum Gasteiger partial charge on any atom is -0.598 e. The maximum atomic E-state index is 12.8. The minimum absolute atomic E-state index is 0.00393. The first-order valence-corrected chi connectivity index (χ1v) is 17.3. The van der Waals surface area contributed by atoms with Gasteiger partial charge in [0.1, 0.15) is 22.7 Å². The molecule has 2 fully saturated rings. The first kappa shape index (κ1) is 29.0. The summed E-state index contributed by atoms with van der Waals surface area (Å²) in [5.41, 5.74) is 6.25. The van der Waals surface area contributed by atoms with Gasteiger partial charge in [-0.25, -0.2) is 9.97 Å². The highest BCUT2D eigenvalue weighted by Gasteiger charge is 2.52. The van der Waals surface area contributed by atoms with Gasteiger partial charge in [0.05, 0.1) is 30.0 Å². The van der Waals surface area contributed by atoms with Crippen molar-refractivity contribution >= 4 is 58.8 Å². The minimum atomic E-state index is -2.51. The zero-order valence-electron chi connectivity index (χ0n) is 22.3.